The number of aryl methyl sites for hydroxylation is 1. The molecule has 1 N–H and O–H groups in total. The van der Waals surface area contributed by atoms with Crippen molar-refractivity contribution in [3.05, 3.63) is 50.5 Å². The number of benzene rings is 1. The molecule has 0 aliphatic heterocycles. The number of aliphatic hydroxyl groups excluding tert-OH is 1. The Morgan fingerprint density at radius 1 is 1.57 bits per heavy atom. The Hall–Kier alpha value is -1.93. The third-order valence-corrected chi connectivity index (χ3v) is 3.45. The SMILES string of the molecule is C[C@H](O)c1cc(Br)cc([N+](=O)[O-])c1OCc1cncn1C. The zero-order chi connectivity index (χ0) is 15.6. The average molecular weight is 356 g/mol. The maximum absolute atomic E-state index is 11.2. The maximum atomic E-state index is 11.2. The molecule has 1 heterocycles. The van der Waals surface area contributed by atoms with Gasteiger partial charge in [-0.25, -0.2) is 4.98 Å². The highest BCUT2D eigenvalue weighted by atomic mass is 79.9. The van der Waals surface area contributed by atoms with Crippen molar-refractivity contribution in [3.8, 4) is 5.75 Å². The molecule has 1 aromatic carbocycles. The lowest BCUT2D eigenvalue weighted by atomic mass is 10.1. The van der Waals surface area contributed by atoms with Gasteiger partial charge in [0.15, 0.2) is 0 Å². The van der Waals surface area contributed by atoms with E-state index < -0.39 is 11.0 Å². The minimum atomic E-state index is -0.886. The minimum Gasteiger partial charge on any atom is -0.480 e. The van der Waals surface area contributed by atoms with E-state index in [1.807, 2.05) is 0 Å². The summed E-state index contributed by atoms with van der Waals surface area (Å²) in [6.45, 7) is 1.65. The van der Waals surface area contributed by atoms with Gasteiger partial charge in [-0.3, -0.25) is 10.1 Å². The molecule has 21 heavy (non-hydrogen) atoms. The number of nitrogens with zero attached hydrogens (tertiary/aromatic N) is 3. The summed E-state index contributed by atoms with van der Waals surface area (Å²) < 4.78 is 7.86. The number of aromatic nitrogens is 2. The normalized spacial score (nSPS) is 12.2. The molecule has 1 atom stereocenters. The van der Waals surface area contributed by atoms with E-state index >= 15 is 0 Å². The molecule has 0 bridgehead atoms. The van der Waals surface area contributed by atoms with Crippen LogP contribution in [0.5, 0.6) is 5.75 Å². The molecule has 0 amide bonds. The first-order valence-corrected chi connectivity index (χ1v) is 6.93. The van der Waals surface area contributed by atoms with Gasteiger partial charge in [-0.05, 0) is 13.0 Å². The molecule has 7 nitrogen and oxygen atoms in total. The lowest BCUT2D eigenvalue weighted by molar-refractivity contribution is -0.386. The summed E-state index contributed by atoms with van der Waals surface area (Å²) in [5.74, 6) is 0.0689. The third-order valence-electron chi connectivity index (χ3n) is 2.99. The lowest BCUT2D eigenvalue weighted by Gasteiger charge is -2.14. The van der Waals surface area contributed by atoms with Crippen molar-refractivity contribution in [1.82, 2.24) is 9.55 Å². The Bertz CT molecular complexity index is 669. The van der Waals surface area contributed by atoms with Crippen LogP contribution in [0.1, 0.15) is 24.3 Å². The Morgan fingerprint density at radius 3 is 2.81 bits per heavy atom. The summed E-state index contributed by atoms with van der Waals surface area (Å²) >= 11 is 3.20. The Morgan fingerprint density at radius 2 is 2.29 bits per heavy atom. The fourth-order valence-electron chi connectivity index (χ4n) is 1.87. The number of halogens is 1. The summed E-state index contributed by atoms with van der Waals surface area (Å²) in [6.07, 6.45) is 2.35. The molecular formula is C13H14BrN3O4. The molecule has 8 heteroatoms. The smallest absolute Gasteiger partial charge is 0.312 e. The number of rotatable bonds is 5. The standard InChI is InChI=1S/C13H14BrN3O4/c1-8(18)11-3-9(14)4-12(17(19)20)13(11)21-6-10-5-15-7-16(10)2/h3-5,7-8,18H,6H2,1-2H3/t8-/m0/s1. The molecule has 0 unspecified atom stereocenters. The molecule has 112 valence electrons. The van der Waals surface area contributed by atoms with Crippen molar-refractivity contribution >= 4 is 21.6 Å². The highest BCUT2D eigenvalue weighted by Crippen LogP contribution is 2.38. The second-order valence-corrected chi connectivity index (χ2v) is 5.48. The van der Waals surface area contributed by atoms with E-state index in [4.69, 9.17) is 4.74 Å². The van der Waals surface area contributed by atoms with Gasteiger partial charge in [0.2, 0.25) is 5.75 Å². The zero-order valence-electron chi connectivity index (χ0n) is 11.5. The van der Waals surface area contributed by atoms with E-state index in [-0.39, 0.29) is 18.0 Å². The Kier molecular flexibility index (Phi) is 4.59. The van der Waals surface area contributed by atoms with Crippen molar-refractivity contribution in [2.24, 2.45) is 7.05 Å². The van der Waals surface area contributed by atoms with E-state index in [2.05, 4.69) is 20.9 Å². The van der Waals surface area contributed by atoms with Crippen molar-refractivity contribution in [2.75, 3.05) is 0 Å². The van der Waals surface area contributed by atoms with Crippen LogP contribution in [0.3, 0.4) is 0 Å². The molecule has 2 rings (SSSR count). The molecule has 0 aliphatic carbocycles. The highest BCUT2D eigenvalue weighted by molar-refractivity contribution is 9.10. The highest BCUT2D eigenvalue weighted by Gasteiger charge is 2.23. The predicted molar refractivity (Wildman–Crippen MR) is 79.0 cm³/mol. The zero-order valence-corrected chi connectivity index (χ0v) is 13.1. The topological polar surface area (TPSA) is 90.4 Å². The number of hydrogen-bond acceptors (Lipinski definition) is 5. The summed E-state index contributed by atoms with van der Waals surface area (Å²) in [5, 5.41) is 21.0. The van der Waals surface area contributed by atoms with Crippen LogP contribution in [0.15, 0.2) is 29.1 Å². The van der Waals surface area contributed by atoms with E-state index in [1.165, 1.54) is 13.0 Å². The average Bonchev–Trinajstić information content (AvgIpc) is 2.81. The van der Waals surface area contributed by atoms with Gasteiger partial charge in [0.05, 0.1) is 29.2 Å². The van der Waals surface area contributed by atoms with Crippen LogP contribution >= 0.6 is 15.9 Å². The van der Waals surface area contributed by atoms with Gasteiger partial charge in [-0.15, -0.1) is 0 Å². The van der Waals surface area contributed by atoms with Crippen molar-refractivity contribution in [3.63, 3.8) is 0 Å². The third kappa shape index (κ3) is 3.40. The Balaban J connectivity index is 2.40. The summed E-state index contributed by atoms with van der Waals surface area (Å²) in [7, 11) is 1.80. The summed E-state index contributed by atoms with van der Waals surface area (Å²) in [5.41, 5.74) is 0.935. The van der Waals surface area contributed by atoms with Gasteiger partial charge >= 0.3 is 5.69 Å². The van der Waals surface area contributed by atoms with Crippen LogP contribution in [-0.2, 0) is 13.7 Å². The van der Waals surface area contributed by atoms with Gasteiger partial charge < -0.3 is 14.4 Å². The maximum Gasteiger partial charge on any atom is 0.312 e. The fraction of sp³-hybridized carbons (Fsp3) is 0.308. The largest absolute Gasteiger partial charge is 0.480 e. The van der Waals surface area contributed by atoms with Gasteiger partial charge in [0.1, 0.15) is 6.61 Å². The lowest BCUT2D eigenvalue weighted by Crippen LogP contribution is -2.06. The van der Waals surface area contributed by atoms with Crippen molar-refractivity contribution in [2.45, 2.75) is 19.6 Å². The van der Waals surface area contributed by atoms with Gasteiger partial charge in [-0.2, -0.15) is 0 Å². The van der Waals surface area contributed by atoms with E-state index in [0.717, 1.165) is 5.69 Å². The quantitative estimate of drug-likeness (QED) is 0.657. The molecule has 0 saturated carbocycles. The predicted octanol–water partition coefficient (Wildman–Crippen LogP) is 2.72. The van der Waals surface area contributed by atoms with Crippen LogP contribution in [-0.4, -0.2) is 19.6 Å². The number of ether oxygens (including phenoxy) is 1. The van der Waals surface area contributed by atoms with E-state index in [0.29, 0.717) is 10.0 Å². The van der Waals surface area contributed by atoms with E-state index in [1.54, 1.807) is 30.2 Å². The van der Waals surface area contributed by atoms with Crippen molar-refractivity contribution < 1.29 is 14.8 Å². The molecule has 0 radical (unpaired) electrons. The number of imidazole rings is 1. The van der Waals surface area contributed by atoms with E-state index in [9.17, 15) is 15.2 Å². The monoisotopic (exact) mass is 355 g/mol. The molecule has 0 aliphatic rings. The number of hydrogen-bond donors (Lipinski definition) is 1. The summed E-state index contributed by atoms with van der Waals surface area (Å²) in [4.78, 5) is 14.6. The molecule has 2 aromatic rings. The van der Waals surface area contributed by atoms with Crippen molar-refractivity contribution in [1.29, 1.82) is 0 Å². The molecule has 0 saturated heterocycles. The fourth-order valence-corrected chi connectivity index (χ4v) is 2.34. The molecule has 0 fully saturated rings. The first-order chi connectivity index (χ1) is 9.90. The number of nitro benzene ring substituents is 1. The van der Waals surface area contributed by atoms with Crippen LogP contribution < -0.4 is 4.74 Å². The second kappa shape index (κ2) is 6.23. The van der Waals surface area contributed by atoms with Gasteiger partial charge in [0.25, 0.3) is 0 Å². The summed E-state index contributed by atoms with van der Waals surface area (Å²) in [6, 6.07) is 2.96. The first kappa shape index (κ1) is 15.5. The van der Waals surface area contributed by atoms with Crippen LogP contribution in [0.25, 0.3) is 0 Å². The van der Waals surface area contributed by atoms with Gasteiger partial charge in [-0.1, -0.05) is 15.9 Å². The Labute approximate surface area is 129 Å². The minimum absolute atomic E-state index is 0.0689. The molecular weight excluding hydrogens is 342 g/mol. The number of aliphatic hydroxyl groups is 1. The molecule has 0 spiro atoms. The van der Waals surface area contributed by atoms with Gasteiger partial charge in [0, 0.05) is 23.2 Å². The van der Waals surface area contributed by atoms with Crippen LogP contribution in [0, 0.1) is 10.1 Å². The first-order valence-electron chi connectivity index (χ1n) is 6.14. The molecule has 1 aromatic heterocycles. The second-order valence-electron chi connectivity index (χ2n) is 4.56. The van der Waals surface area contributed by atoms with Crippen LogP contribution in [0.2, 0.25) is 0 Å². The van der Waals surface area contributed by atoms with Crippen LogP contribution in [0.4, 0.5) is 5.69 Å². The number of nitro groups is 1.